The summed E-state index contributed by atoms with van der Waals surface area (Å²) < 4.78 is 0. The largest absolute Gasteiger partial charge is 0.345 e. The van der Waals surface area contributed by atoms with Crippen molar-refractivity contribution in [3.05, 3.63) is 10.6 Å². The van der Waals surface area contributed by atoms with Gasteiger partial charge in [-0.05, 0) is 45.4 Å². The fourth-order valence-corrected chi connectivity index (χ4v) is 4.06. The molecule has 1 N–H and O–H groups in total. The van der Waals surface area contributed by atoms with E-state index in [4.69, 9.17) is 4.98 Å². The van der Waals surface area contributed by atoms with Gasteiger partial charge < -0.3 is 10.2 Å². The van der Waals surface area contributed by atoms with E-state index >= 15 is 0 Å². The van der Waals surface area contributed by atoms with Crippen LogP contribution in [0.25, 0.3) is 0 Å². The predicted molar refractivity (Wildman–Crippen MR) is 81.9 cm³/mol. The van der Waals surface area contributed by atoms with Gasteiger partial charge in [-0.3, -0.25) is 0 Å². The van der Waals surface area contributed by atoms with E-state index in [2.05, 4.69) is 31.0 Å². The Kier molecular flexibility index (Phi) is 3.81. The third-order valence-corrected chi connectivity index (χ3v) is 5.59. The number of anilines is 1. The highest BCUT2D eigenvalue weighted by Crippen LogP contribution is 2.33. The van der Waals surface area contributed by atoms with Gasteiger partial charge in [-0.2, -0.15) is 0 Å². The molecule has 1 aliphatic heterocycles. The molecule has 3 nitrogen and oxygen atoms in total. The van der Waals surface area contributed by atoms with Crippen molar-refractivity contribution >= 4 is 16.5 Å². The molecule has 2 aliphatic rings. The smallest absolute Gasteiger partial charge is 0.186 e. The van der Waals surface area contributed by atoms with Crippen LogP contribution in [-0.4, -0.2) is 23.6 Å². The van der Waals surface area contributed by atoms with Crippen LogP contribution in [0, 0.1) is 12.8 Å². The van der Waals surface area contributed by atoms with Gasteiger partial charge in [0.25, 0.3) is 0 Å². The Morgan fingerprint density at radius 1 is 1.32 bits per heavy atom. The Balaban J connectivity index is 1.68. The van der Waals surface area contributed by atoms with Crippen LogP contribution in [-0.2, 0) is 6.54 Å². The zero-order valence-corrected chi connectivity index (χ0v) is 13.1. The van der Waals surface area contributed by atoms with Crippen molar-refractivity contribution in [3.8, 4) is 0 Å². The Bertz CT molecular complexity index is 439. The van der Waals surface area contributed by atoms with Crippen molar-refractivity contribution in [3.63, 3.8) is 0 Å². The van der Waals surface area contributed by atoms with E-state index in [-0.39, 0.29) is 0 Å². The first kappa shape index (κ1) is 13.4. The number of aryl methyl sites for hydroxylation is 1. The molecule has 2 fully saturated rings. The number of nitrogens with zero attached hydrogens (tertiary/aromatic N) is 2. The third-order valence-electron chi connectivity index (χ3n) is 4.39. The number of thiazole rings is 1. The molecule has 0 bridgehead atoms. The SMILES string of the molecule is Cc1nc(N2CCC(C)CC2C)sc1CNC1CC1. The molecule has 4 heteroatoms. The lowest BCUT2D eigenvalue weighted by Gasteiger charge is -2.36. The summed E-state index contributed by atoms with van der Waals surface area (Å²) in [6, 6.07) is 1.42. The second kappa shape index (κ2) is 5.41. The molecule has 19 heavy (non-hydrogen) atoms. The molecule has 0 spiro atoms. The lowest BCUT2D eigenvalue weighted by Crippen LogP contribution is -2.40. The van der Waals surface area contributed by atoms with Gasteiger partial charge >= 0.3 is 0 Å². The van der Waals surface area contributed by atoms with Crippen LogP contribution in [0.1, 0.15) is 50.1 Å². The first-order chi connectivity index (χ1) is 9.13. The van der Waals surface area contributed by atoms with Crippen molar-refractivity contribution in [1.29, 1.82) is 0 Å². The molecule has 1 saturated heterocycles. The molecule has 1 saturated carbocycles. The Morgan fingerprint density at radius 3 is 2.79 bits per heavy atom. The lowest BCUT2D eigenvalue weighted by atomic mass is 9.94. The molecule has 0 amide bonds. The highest BCUT2D eigenvalue weighted by atomic mass is 32.1. The topological polar surface area (TPSA) is 28.2 Å². The van der Waals surface area contributed by atoms with Gasteiger partial charge in [-0.25, -0.2) is 4.98 Å². The quantitative estimate of drug-likeness (QED) is 0.916. The average Bonchev–Trinajstić information content (AvgIpc) is 3.11. The van der Waals surface area contributed by atoms with Crippen molar-refractivity contribution < 1.29 is 0 Å². The van der Waals surface area contributed by atoms with Crippen molar-refractivity contribution in [2.75, 3.05) is 11.4 Å². The summed E-state index contributed by atoms with van der Waals surface area (Å²) in [7, 11) is 0. The predicted octanol–water partition coefficient (Wildman–Crippen LogP) is 3.33. The summed E-state index contributed by atoms with van der Waals surface area (Å²) in [6.07, 6.45) is 5.31. The molecule has 2 atom stereocenters. The third kappa shape index (κ3) is 3.11. The summed E-state index contributed by atoms with van der Waals surface area (Å²) in [5.41, 5.74) is 1.22. The minimum Gasteiger partial charge on any atom is -0.345 e. The monoisotopic (exact) mass is 279 g/mol. The second-order valence-electron chi connectivity index (χ2n) is 6.33. The molecule has 0 aromatic carbocycles. The van der Waals surface area contributed by atoms with Gasteiger partial charge in [0.1, 0.15) is 0 Å². The van der Waals surface area contributed by atoms with Gasteiger partial charge in [-0.15, -0.1) is 11.3 Å². The summed E-state index contributed by atoms with van der Waals surface area (Å²) in [5.74, 6) is 0.864. The number of rotatable bonds is 4. The highest BCUT2D eigenvalue weighted by molar-refractivity contribution is 7.15. The van der Waals surface area contributed by atoms with Crippen LogP contribution in [0.4, 0.5) is 5.13 Å². The van der Waals surface area contributed by atoms with E-state index in [9.17, 15) is 0 Å². The Hall–Kier alpha value is -0.610. The molecular formula is C15H25N3S. The van der Waals surface area contributed by atoms with Crippen LogP contribution >= 0.6 is 11.3 Å². The van der Waals surface area contributed by atoms with Crippen molar-refractivity contribution in [2.24, 2.45) is 5.92 Å². The zero-order valence-electron chi connectivity index (χ0n) is 12.3. The molecule has 0 radical (unpaired) electrons. The van der Waals surface area contributed by atoms with Crippen LogP contribution < -0.4 is 10.2 Å². The summed E-state index contributed by atoms with van der Waals surface area (Å²) >= 11 is 1.89. The molecule has 1 aliphatic carbocycles. The van der Waals surface area contributed by atoms with Crippen LogP contribution in [0.15, 0.2) is 0 Å². The van der Waals surface area contributed by atoms with Gasteiger partial charge in [-0.1, -0.05) is 6.92 Å². The van der Waals surface area contributed by atoms with E-state index in [1.807, 2.05) is 11.3 Å². The fourth-order valence-electron chi connectivity index (χ4n) is 2.92. The van der Waals surface area contributed by atoms with E-state index in [1.165, 1.54) is 47.9 Å². The number of nitrogens with one attached hydrogen (secondary N) is 1. The summed E-state index contributed by atoms with van der Waals surface area (Å²) in [6.45, 7) is 9.04. The van der Waals surface area contributed by atoms with E-state index < -0.39 is 0 Å². The molecular weight excluding hydrogens is 254 g/mol. The van der Waals surface area contributed by atoms with E-state index in [1.54, 1.807) is 0 Å². The van der Waals surface area contributed by atoms with Crippen molar-refractivity contribution in [2.45, 2.75) is 65.1 Å². The van der Waals surface area contributed by atoms with Crippen molar-refractivity contribution in [1.82, 2.24) is 10.3 Å². The number of hydrogen-bond acceptors (Lipinski definition) is 4. The number of hydrogen-bond donors (Lipinski definition) is 1. The van der Waals surface area contributed by atoms with E-state index in [0.29, 0.717) is 6.04 Å². The van der Waals surface area contributed by atoms with Gasteiger partial charge in [0, 0.05) is 30.1 Å². The maximum atomic E-state index is 4.81. The minimum absolute atomic E-state index is 0.638. The Labute approximate surface area is 120 Å². The van der Waals surface area contributed by atoms with Crippen LogP contribution in [0.2, 0.25) is 0 Å². The van der Waals surface area contributed by atoms with Crippen LogP contribution in [0.3, 0.4) is 0 Å². The lowest BCUT2D eigenvalue weighted by molar-refractivity contribution is 0.377. The Morgan fingerprint density at radius 2 is 2.11 bits per heavy atom. The maximum Gasteiger partial charge on any atom is 0.186 e. The first-order valence-corrected chi connectivity index (χ1v) is 8.41. The van der Waals surface area contributed by atoms with Gasteiger partial charge in [0.05, 0.1) is 5.69 Å². The molecule has 1 aromatic rings. The molecule has 2 unspecified atom stereocenters. The first-order valence-electron chi connectivity index (χ1n) is 7.60. The fraction of sp³-hybridized carbons (Fsp3) is 0.800. The zero-order chi connectivity index (χ0) is 13.4. The molecule has 106 valence electrons. The summed E-state index contributed by atoms with van der Waals surface area (Å²) in [4.78, 5) is 8.75. The maximum absolute atomic E-state index is 4.81. The molecule has 1 aromatic heterocycles. The highest BCUT2D eigenvalue weighted by Gasteiger charge is 2.26. The summed E-state index contributed by atoms with van der Waals surface area (Å²) in [5, 5.41) is 4.84. The van der Waals surface area contributed by atoms with Crippen LogP contribution in [0.5, 0.6) is 0 Å². The van der Waals surface area contributed by atoms with Gasteiger partial charge in [0.15, 0.2) is 5.13 Å². The number of aromatic nitrogens is 1. The average molecular weight is 279 g/mol. The normalized spacial score (nSPS) is 27.8. The standard InChI is InChI=1S/C15H25N3S/c1-10-6-7-18(11(2)8-10)15-17-12(3)14(19-15)9-16-13-4-5-13/h10-11,13,16H,4-9H2,1-3H3. The second-order valence-corrected chi connectivity index (χ2v) is 7.39. The molecule has 3 rings (SSSR count). The van der Waals surface area contributed by atoms with E-state index in [0.717, 1.165) is 18.5 Å². The minimum atomic E-state index is 0.638. The number of piperidine rings is 1. The van der Waals surface area contributed by atoms with Gasteiger partial charge in [0.2, 0.25) is 0 Å². The molecule has 2 heterocycles.